The lowest BCUT2D eigenvalue weighted by Crippen LogP contribution is -2.45. The van der Waals surface area contributed by atoms with Gasteiger partial charge < -0.3 is 9.43 Å². The summed E-state index contributed by atoms with van der Waals surface area (Å²) >= 11 is 0. The van der Waals surface area contributed by atoms with Crippen molar-refractivity contribution in [3.63, 3.8) is 0 Å². The lowest BCUT2D eigenvalue weighted by atomic mass is 10.2. The fraction of sp³-hybridized carbons (Fsp3) is 0.706. The predicted molar refractivity (Wildman–Crippen MR) is 104 cm³/mol. The van der Waals surface area contributed by atoms with Gasteiger partial charge in [-0.25, -0.2) is 9.97 Å². The average Bonchev–Trinajstić information content (AvgIpc) is 2.49. The highest BCUT2D eigenvalue weighted by molar-refractivity contribution is 6.84. The minimum Gasteiger partial charge on any atom is -0.455 e. The zero-order chi connectivity index (χ0) is 18.2. The molecule has 0 radical (unpaired) electrons. The smallest absolute Gasteiger partial charge is 0.222 e. The molecule has 5 nitrogen and oxygen atoms in total. The highest BCUT2D eigenvalue weighted by Gasteiger charge is 2.32. The molecule has 1 aromatic heterocycles. The Kier molecular flexibility index (Phi) is 8.25. The van der Waals surface area contributed by atoms with Gasteiger partial charge in [0.05, 0.1) is 0 Å². The Morgan fingerprint density at radius 2 is 1.71 bits per heavy atom. The fourth-order valence-electron chi connectivity index (χ4n) is 2.65. The molecule has 0 aromatic carbocycles. The van der Waals surface area contributed by atoms with E-state index < -0.39 is 16.6 Å². The Morgan fingerprint density at radius 3 is 2.29 bits per heavy atom. The molecule has 24 heavy (non-hydrogen) atoms. The third-order valence-electron chi connectivity index (χ3n) is 3.90. The third kappa shape index (κ3) is 8.70. The Morgan fingerprint density at radius 1 is 1.12 bits per heavy atom. The van der Waals surface area contributed by atoms with Gasteiger partial charge in [0.2, 0.25) is 5.91 Å². The summed E-state index contributed by atoms with van der Waals surface area (Å²) in [5.41, 5.74) is 0. The summed E-state index contributed by atoms with van der Waals surface area (Å²) in [7, 11) is -3.43. The third-order valence-corrected chi connectivity index (χ3v) is 11.3. The highest BCUT2D eigenvalue weighted by Crippen LogP contribution is 2.23. The maximum absolute atomic E-state index is 11.6. The van der Waals surface area contributed by atoms with Crippen molar-refractivity contribution in [3.8, 4) is 0 Å². The number of hydrogen-bond donors (Lipinski definition) is 1. The molecule has 0 bridgehead atoms. The van der Waals surface area contributed by atoms with Gasteiger partial charge in [-0.05, 0) is 50.8 Å². The van der Waals surface area contributed by atoms with E-state index in [1.165, 1.54) is 0 Å². The molecule has 1 N–H and O–H groups in total. The van der Waals surface area contributed by atoms with E-state index in [4.69, 9.17) is 4.12 Å². The first kappa shape index (κ1) is 21.0. The summed E-state index contributed by atoms with van der Waals surface area (Å²) in [6, 6.07) is 3.96. The van der Waals surface area contributed by atoms with Crippen molar-refractivity contribution in [1.29, 1.82) is 0 Å². The van der Waals surface area contributed by atoms with Crippen LogP contribution in [0.1, 0.15) is 26.1 Å². The molecule has 0 aliphatic rings. The number of nitrogens with one attached hydrogen (secondary N) is 1. The molecule has 7 heteroatoms. The van der Waals surface area contributed by atoms with Crippen molar-refractivity contribution in [1.82, 2.24) is 15.3 Å². The molecule has 0 atom stereocenters. The van der Waals surface area contributed by atoms with Crippen LogP contribution in [0.3, 0.4) is 0 Å². The minimum atomic E-state index is -1.73. The largest absolute Gasteiger partial charge is 0.455 e. The zero-order valence-corrected chi connectivity index (χ0v) is 18.1. The van der Waals surface area contributed by atoms with E-state index in [-0.39, 0.29) is 11.8 Å². The summed E-state index contributed by atoms with van der Waals surface area (Å²) in [6.07, 6.45) is 5.46. The van der Waals surface area contributed by atoms with Gasteiger partial charge in [-0.3, -0.25) is 4.79 Å². The second kappa shape index (κ2) is 9.43. The monoisotopic (exact) mass is 367 g/mol. The molecule has 0 unspecified atom stereocenters. The van der Waals surface area contributed by atoms with E-state index >= 15 is 0 Å². The van der Waals surface area contributed by atoms with Gasteiger partial charge in [-0.1, -0.05) is 13.8 Å². The maximum Gasteiger partial charge on any atom is 0.222 e. The Labute approximate surface area is 148 Å². The number of rotatable bonds is 10. The van der Waals surface area contributed by atoms with Crippen LogP contribution in [-0.4, -0.2) is 39.1 Å². The molecule has 1 aromatic rings. The van der Waals surface area contributed by atoms with Crippen LogP contribution >= 0.6 is 0 Å². The lowest BCUT2D eigenvalue weighted by Gasteiger charge is -2.34. The Hall–Kier alpha value is -1.06. The van der Waals surface area contributed by atoms with Crippen LogP contribution in [0.2, 0.25) is 38.3 Å². The van der Waals surface area contributed by atoms with Gasteiger partial charge in [-0.15, -0.1) is 0 Å². The topological polar surface area (TPSA) is 64.1 Å². The van der Waals surface area contributed by atoms with Crippen LogP contribution in [0.15, 0.2) is 18.5 Å². The minimum absolute atomic E-state index is 0.0538. The average molecular weight is 368 g/mol. The summed E-state index contributed by atoms with van der Waals surface area (Å²) in [4.78, 5) is 20.2. The fourth-order valence-corrected chi connectivity index (χ4v) is 11.3. The Bertz CT molecular complexity index is 508. The first-order chi connectivity index (χ1) is 11.1. The number of carbonyl (C=O) groups excluding carboxylic acids is 1. The number of aryl methyl sites for hydroxylation is 1. The normalized spacial score (nSPS) is 12.5. The SMILES string of the molecule is CC(C)C(=O)NCCC[Si](C)(C)O[Si](C)(C)CCc1ncccn1. The van der Waals surface area contributed by atoms with E-state index in [9.17, 15) is 4.79 Å². The van der Waals surface area contributed by atoms with Crippen molar-refractivity contribution >= 4 is 22.5 Å². The van der Waals surface area contributed by atoms with Crippen molar-refractivity contribution < 1.29 is 8.91 Å². The second-order valence-corrected chi connectivity index (χ2v) is 16.7. The molecule has 0 spiro atoms. The summed E-state index contributed by atoms with van der Waals surface area (Å²) < 4.78 is 6.61. The molecule has 0 saturated carbocycles. The van der Waals surface area contributed by atoms with Gasteiger partial charge in [0.15, 0.2) is 16.6 Å². The van der Waals surface area contributed by atoms with E-state index in [2.05, 4.69) is 41.5 Å². The number of aromatic nitrogens is 2. The summed E-state index contributed by atoms with van der Waals surface area (Å²) in [5, 5.41) is 2.99. The molecule has 1 rings (SSSR count). The van der Waals surface area contributed by atoms with Gasteiger partial charge >= 0.3 is 0 Å². The molecule has 0 fully saturated rings. The Balaban J connectivity index is 2.36. The van der Waals surface area contributed by atoms with Crippen molar-refractivity contribution in [2.24, 2.45) is 5.92 Å². The van der Waals surface area contributed by atoms with E-state index in [0.29, 0.717) is 0 Å². The van der Waals surface area contributed by atoms with Crippen molar-refractivity contribution in [2.75, 3.05) is 6.54 Å². The van der Waals surface area contributed by atoms with Crippen LogP contribution in [-0.2, 0) is 15.3 Å². The van der Waals surface area contributed by atoms with E-state index in [1.807, 2.05) is 19.9 Å². The highest BCUT2D eigenvalue weighted by atomic mass is 28.4. The van der Waals surface area contributed by atoms with Gasteiger partial charge in [0, 0.05) is 31.3 Å². The van der Waals surface area contributed by atoms with Crippen LogP contribution < -0.4 is 5.32 Å². The molecule has 0 saturated heterocycles. The quantitative estimate of drug-likeness (QED) is 0.507. The molecule has 1 amide bonds. The van der Waals surface area contributed by atoms with Crippen molar-refractivity contribution in [2.45, 2.75) is 65.0 Å². The molecular weight excluding hydrogens is 334 g/mol. The molecular formula is C17H33N3O2Si2. The van der Waals surface area contributed by atoms with Crippen molar-refractivity contribution in [3.05, 3.63) is 24.3 Å². The van der Waals surface area contributed by atoms with Crippen LogP contribution in [0.25, 0.3) is 0 Å². The lowest BCUT2D eigenvalue weighted by molar-refractivity contribution is -0.123. The van der Waals surface area contributed by atoms with E-state index in [1.54, 1.807) is 12.4 Å². The molecule has 136 valence electrons. The predicted octanol–water partition coefficient (Wildman–Crippen LogP) is 3.61. The molecule has 0 aliphatic carbocycles. The first-order valence-corrected chi connectivity index (χ1v) is 15.1. The van der Waals surface area contributed by atoms with Crippen LogP contribution in [0.5, 0.6) is 0 Å². The standard InChI is InChI=1S/C17H33N3O2Si2/c1-15(2)17(21)20-12-8-13-23(3,4)22-24(5,6)14-9-16-18-10-7-11-19-16/h7,10-11,15H,8-9,12-14H2,1-6H3,(H,20,21). The summed E-state index contributed by atoms with van der Waals surface area (Å²) in [5.74, 6) is 1.09. The molecule has 0 aliphatic heterocycles. The van der Waals surface area contributed by atoms with Crippen LogP contribution in [0.4, 0.5) is 0 Å². The van der Waals surface area contributed by atoms with E-state index in [0.717, 1.165) is 37.3 Å². The van der Waals surface area contributed by atoms with Gasteiger partial charge in [0.25, 0.3) is 0 Å². The number of amides is 1. The zero-order valence-electron chi connectivity index (χ0n) is 16.1. The number of hydrogen-bond acceptors (Lipinski definition) is 4. The first-order valence-electron chi connectivity index (χ1n) is 8.85. The maximum atomic E-state index is 11.6. The molecule has 1 heterocycles. The van der Waals surface area contributed by atoms with Gasteiger partial charge in [-0.2, -0.15) is 0 Å². The number of nitrogens with zero attached hydrogens (tertiary/aromatic N) is 2. The number of carbonyl (C=O) groups is 1. The second-order valence-electron chi connectivity index (χ2n) is 7.84. The van der Waals surface area contributed by atoms with Gasteiger partial charge in [0.1, 0.15) is 5.82 Å². The summed E-state index contributed by atoms with van der Waals surface area (Å²) in [6.45, 7) is 13.7. The van der Waals surface area contributed by atoms with Crippen LogP contribution in [0, 0.1) is 5.92 Å².